The normalized spacial score (nSPS) is 11.9. The van der Waals surface area contributed by atoms with Crippen LogP contribution in [-0.4, -0.2) is 28.6 Å². The average Bonchev–Trinajstić information content (AvgIpc) is 2.35. The van der Waals surface area contributed by atoms with Crippen LogP contribution < -0.4 is 5.32 Å². The van der Waals surface area contributed by atoms with E-state index in [0.29, 0.717) is 6.42 Å². The number of nitro groups is 1. The van der Waals surface area contributed by atoms with Gasteiger partial charge in [-0.15, -0.1) is 0 Å². The number of halogens is 1. The predicted octanol–water partition coefficient (Wildman–Crippen LogP) is 1.75. The summed E-state index contributed by atoms with van der Waals surface area (Å²) < 4.78 is 0. The monoisotopic (exact) mass is 272 g/mol. The van der Waals surface area contributed by atoms with Crippen LogP contribution in [-0.2, 0) is 0 Å². The zero-order valence-electron chi connectivity index (χ0n) is 9.72. The van der Waals surface area contributed by atoms with Crippen LogP contribution in [0.25, 0.3) is 0 Å². The lowest BCUT2D eigenvalue weighted by Crippen LogP contribution is -2.37. The minimum atomic E-state index is -0.648. The van der Waals surface area contributed by atoms with Crippen LogP contribution in [0.2, 0.25) is 5.02 Å². The van der Waals surface area contributed by atoms with Gasteiger partial charge >= 0.3 is 0 Å². The number of aliphatic hydroxyl groups excluding tert-OH is 1. The molecule has 1 atom stereocenters. The summed E-state index contributed by atoms with van der Waals surface area (Å²) in [5, 5.41) is 22.5. The Kier molecular flexibility index (Phi) is 5.06. The highest BCUT2D eigenvalue weighted by atomic mass is 35.5. The molecular weight excluding hydrogens is 260 g/mol. The Morgan fingerprint density at radius 2 is 2.28 bits per heavy atom. The second-order valence-corrected chi connectivity index (χ2v) is 4.12. The first-order chi connectivity index (χ1) is 8.49. The van der Waals surface area contributed by atoms with Crippen LogP contribution in [0.5, 0.6) is 0 Å². The Balaban J connectivity index is 3.03. The van der Waals surface area contributed by atoms with Crippen LogP contribution in [0.3, 0.4) is 0 Å². The van der Waals surface area contributed by atoms with Crippen molar-refractivity contribution in [3.05, 3.63) is 38.9 Å². The van der Waals surface area contributed by atoms with E-state index in [9.17, 15) is 14.9 Å². The summed E-state index contributed by atoms with van der Waals surface area (Å²) in [5.41, 5.74) is -0.427. The molecule has 0 heterocycles. The summed E-state index contributed by atoms with van der Waals surface area (Å²) in [6, 6.07) is 3.33. The molecule has 0 aliphatic carbocycles. The molecule has 7 heteroatoms. The van der Waals surface area contributed by atoms with Crippen molar-refractivity contribution < 1.29 is 14.8 Å². The molecule has 0 saturated heterocycles. The third kappa shape index (κ3) is 3.41. The van der Waals surface area contributed by atoms with Gasteiger partial charge in [0.15, 0.2) is 0 Å². The number of aliphatic hydroxyl groups is 1. The average molecular weight is 273 g/mol. The van der Waals surface area contributed by atoms with Crippen molar-refractivity contribution in [3.8, 4) is 0 Å². The Morgan fingerprint density at radius 1 is 1.61 bits per heavy atom. The number of amides is 1. The molecular formula is C11H13ClN2O4. The van der Waals surface area contributed by atoms with Crippen LogP contribution in [0.15, 0.2) is 18.2 Å². The number of rotatable bonds is 5. The van der Waals surface area contributed by atoms with Crippen molar-refractivity contribution >= 4 is 23.2 Å². The van der Waals surface area contributed by atoms with Crippen molar-refractivity contribution in [1.82, 2.24) is 5.32 Å². The predicted molar refractivity (Wildman–Crippen MR) is 66.7 cm³/mol. The minimum absolute atomic E-state index is 0.112. The summed E-state index contributed by atoms with van der Waals surface area (Å²) in [6.45, 7) is 1.56. The van der Waals surface area contributed by atoms with Gasteiger partial charge in [-0.1, -0.05) is 18.5 Å². The Bertz CT molecular complexity index is 460. The van der Waals surface area contributed by atoms with Crippen molar-refractivity contribution in [2.24, 2.45) is 0 Å². The molecule has 6 nitrogen and oxygen atoms in total. The molecule has 18 heavy (non-hydrogen) atoms. The molecule has 98 valence electrons. The number of nitrogens with one attached hydrogen (secondary N) is 1. The van der Waals surface area contributed by atoms with Gasteiger partial charge in [-0.2, -0.15) is 0 Å². The number of hydrogen-bond acceptors (Lipinski definition) is 4. The second-order valence-electron chi connectivity index (χ2n) is 3.68. The molecule has 1 amide bonds. The van der Waals surface area contributed by atoms with E-state index in [4.69, 9.17) is 16.7 Å². The van der Waals surface area contributed by atoms with Crippen molar-refractivity contribution in [1.29, 1.82) is 0 Å². The largest absolute Gasteiger partial charge is 0.394 e. The smallest absolute Gasteiger partial charge is 0.282 e. The third-order valence-electron chi connectivity index (χ3n) is 2.45. The highest BCUT2D eigenvalue weighted by Crippen LogP contribution is 2.22. The zero-order chi connectivity index (χ0) is 13.7. The van der Waals surface area contributed by atoms with E-state index in [2.05, 4.69) is 5.32 Å². The van der Waals surface area contributed by atoms with Crippen molar-refractivity contribution in [2.45, 2.75) is 19.4 Å². The summed E-state index contributed by atoms with van der Waals surface area (Å²) in [6.07, 6.45) is 0.524. The van der Waals surface area contributed by atoms with Crippen LogP contribution in [0, 0.1) is 10.1 Å². The molecule has 1 aromatic carbocycles. The van der Waals surface area contributed by atoms with E-state index in [-0.39, 0.29) is 22.9 Å². The summed E-state index contributed by atoms with van der Waals surface area (Å²) in [5.74, 6) is -0.620. The summed E-state index contributed by atoms with van der Waals surface area (Å²) in [7, 11) is 0. The first-order valence-corrected chi connectivity index (χ1v) is 5.73. The number of carbonyl (C=O) groups excluding carboxylic acids is 1. The lowest BCUT2D eigenvalue weighted by atomic mass is 10.1. The molecule has 0 bridgehead atoms. The molecule has 0 fully saturated rings. The fourth-order valence-corrected chi connectivity index (χ4v) is 1.56. The molecule has 0 saturated carbocycles. The molecule has 1 aromatic rings. The fraction of sp³-hybridized carbons (Fsp3) is 0.364. The topological polar surface area (TPSA) is 92.5 Å². The Morgan fingerprint density at radius 3 is 2.78 bits per heavy atom. The maximum atomic E-state index is 11.9. The van der Waals surface area contributed by atoms with Gasteiger partial charge in [0, 0.05) is 11.1 Å². The van der Waals surface area contributed by atoms with E-state index in [0.717, 1.165) is 0 Å². The first kappa shape index (κ1) is 14.4. The molecule has 2 N–H and O–H groups in total. The van der Waals surface area contributed by atoms with E-state index >= 15 is 0 Å². The van der Waals surface area contributed by atoms with Crippen LogP contribution in [0.1, 0.15) is 23.7 Å². The zero-order valence-corrected chi connectivity index (χ0v) is 10.5. The number of carbonyl (C=O) groups is 1. The van der Waals surface area contributed by atoms with Gasteiger partial charge in [0.2, 0.25) is 0 Å². The van der Waals surface area contributed by atoms with E-state index in [1.807, 2.05) is 0 Å². The molecule has 0 aliphatic heterocycles. The van der Waals surface area contributed by atoms with E-state index < -0.39 is 16.9 Å². The summed E-state index contributed by atoms with van der Waals surface area (Å²) >= 11 is 5.72. The van der Waals surface area contributed by atoms with E-state index in [1.165, 1.54) is 18.2 Å². The van der Waals surface area contributed by atoms with Gasteiger partial charge in [-0.05, 0) is 18.6 Å². The third-order valence-corrected chi connectivity index (χ3v) is 2.68. The lowest BCUT2D eigenvalue weighted by Gasteiger charge is -2.14. The van der Waals surface area contributed by atoms with Gasteiger partial charge in [-0.25, -0.2) is 0 Å². The van der Waals surface area contributed by atoms with Crippen LogP contribution in [0.4, 0.5) is 5.69 Å². The quantitative estimate of drug-likeness (QED) is 0.631. The van der Waals surface area contributed by atoms with Crippen molar-refractivity contribution in [3.63, 3.8) is 0 Å². The standard InChI is InChI=1S/C11H13ClN2O4/c1-2-8(6-15)13-11(16)9-5-7(12)3-4-10(9)14(17)18/h3-5,8,15H,2,6H2,1H3,(H,13,16). The number of nitrogens with zero attached hydrogens (tertiary/aromatic N) is 1. The van der Waals surface area contributed by atoms with Crippen LogP contribution >= 0.6 is 11.6 Å². The number of hydrogen-bond donors (Lipinski definition) is 2. The van der Waals surface area contributed by atoms with Crippen molar-refractivity contribution in [2.75, 3.05) is 6.61 Å². The van der Waals surface area contributed by atoms with E-state index in [1.54, 1.807) is 6.92 Å². The second kappa shape index (κ2) is 6.32. The van der Waals surface area contributed by atoms with Gasteiger partial charge in [0.1, 0.15) is 5.56 Å². The summed E-state index contributed by atoms with van der Waals surface area (Å²) in [4.78, 5) is 22.0. The maximum absolute atomic E-state index is 11.9. The molecule has 0 aromatic heterocycles. The highest BCUT2D eigenvalue weighted by Gasteiger charge is 2.21. The lowest BCUT2D eigenvalue weighted by molar-refractivity contribution is -0.385. The van der Waals surface area contributed by atoms with Gasteiger partial charge < -0.3 is 10.4 Å². The molecule has 1 rings (SSSR count). The molecule has 0 radical (unpaired) electrons. The molecule has 0 spiro atoms. The molecule has 0 aliphatic rings. The van der Waals surface area contributed by atoms with Gasteiger partial charge in [-0.3, -0.25) is 14.9 Å². The SMILES string of the molecule is CCC(CO)NC(=O)c1cc(Cl)ccc1[N+](=O)[O-]. The first-order valence-electron chi connectivity index (χ1n) is 5.35. The maximum Gasteiger partial charge on any atom is 0.282 e. The molecule has 1 unspecified atom stereocenters. The number of nitro benzene ring substituents is 1. The van der Waals surface area contributed by atoms with Gasteiger partial charge in [0.25, 0.3) is 11.6 Å². The van der Waals surface area contributed by atoms with Gasteiger partial charge in [0.05, 0.1) is 17.6 Å². The Labute approximate surface area is 109 Å². The minimum Gasteiger partial charge on any atom is -0.394 e. The Hall–Kier alpha value is -1.66. The fourth-order valence-electron chi connectivity index (χ4n) is 1.39. The highest BCUT2D eigenvalue weighted by molar-refractivity contribution is 6.31. The number of benzene rings is 1.